The number of nitro groups is 1. The van der Waals surface area contributed by atoms with Crippen LogP contribution in [0.2, 0.25) is 0 Å². The summed E-state index contributed by atoms with van der Waals surface area (Å²) >= 11 is 1.20. The largest absolute Gasteiger partial charge is 0.444 e. The zero-order valence-electron chi connectivity index (χ0n) is 17.5. The van der Waals surface area contributed by atoms with Gasteiger partial charge in [-0.1, -0.05) is 0 Å². The number of carbonyl (C=O) groups excluding carboxylic acids is 1. The van der Waals surface area contributed by atoms with Crippen LogP contribution in [-0.4, -0.2) is 43.0 Å². The van der Waals surface area contributed by atoms with Gasteiger partial charge in [0, 0.05) is 12.1 Å². The molecular formula is C19H26N6O4S. The van der Waals surface area contributed by atoms with E-state index in [1.807, 2.05) is 20.8 Å². The van der Waals surface area contributed by atoms with Gasteiger partial charge in [0.15, 0.2) is 5.01 Å². The minimum Gasteiger partial charge on any atom is -0.444 e. The third-order valence-corrected chi connectivity index (χ3v) is 5.41. The van der Waals surface area contributed by atoms with Gasteiger partial charge in [-0.05, 0) is 71.0 Å². The van der Waals surface area contributed by atoms with Gasteiger partial charge in [0.05, 0.1) is 4.92 Å². The van der Waals surface area contributed by atoms with Crippen LogP contribution in [0.15, 0.2) is 12.3 Å². The Hall–Kier alpha value is -2.82. The van der Waals surface area contributed by atoms with Gasteiger partial charge in [0.1, 0.15) is 29.0 Å². The summed E-state index contributed by atoms with van der Waals surface area (Å²) in [5.74, 6) is 0.632. The van der Waals surface area contributed by atoms with Crippen LogP contribution in [0.25, 0.3) is 10.7 Å². The third-order valence-electron chi connectivity index (χ3n) is 4.58. The van der Waals surface area contributed by atoms with E-state index in [9.17, 15) is 14.9 Å². The van der Waals surface area contributed by atoms with E-state index < -0.39 is 16.6 Å². The van der Waals surface area contributed by atoms with Crippen molar-refractivity contribution in [3.63, 3.8) is 0 Å². The van der Waals surface area contributed by atoms with Crippen LogP contribution in [0, 0.1) is 17.0 Å². The Kier molecular flexibility index (Phi) is 6.49. The number of rotatable bonds is 5. The maximum absolute atomic E-state index is 12.1. The lowest BCUT2D eigenvalue weighted by Crippen LogP contribution is -2.43. The standard InChI is InChI=1S/C19H26N6O4S/c1-11-21-17(30-24-11)15-9-14(16(10-20-15)25(27)28)22-12-6-5-7-13(8-12)23-18(26)29-19(2,3)4/h9-10,12-13H,5-8H2,1-4H3,(H,20,22)(H,23,26)/t12-,13+/m1/s1. The van der Waals surface area contributed by atoms with Crippen molar-refractivity contribution in [2.24, 2.45) is 0 Å². The van der Waals surface area contributed by atoms with Crippen LogP contribution < -0.4 is 10.6 Å². The predicted octanol–water partition coefficient (Wildman–Crippen LogP) is 4.06. The molecule has 162 valence electrons. The minimum absolute atomic E-state index is 0.0243. The topological polar surface area (TPSA) is 132 Å². The Morgan fingerprint density at radius 2 is 2.07 bits per heavy atom. The summed E-state index contributed by atoms with van der Waals surface area (Å²) in [6.45, 7) is 7.23. The van der Waals surface area contributed by atoms with E-state index in [1.54, 1.807) is 13.0 Å². The number of hydrogen-bond donors (Lipinski definition) is 2. The smallest absolute Gasteiger partial charge is 0.407 e. The molecule has 30 heavy (non-hydrogen) atoms. The van der Waals surface area contributed by atoms with Crippen LogP contribution in [0.4, 0.5) is 16.2 Å². The molecule has 0 spiro atoms. The molecule has 0 aromatic carbocycles. The Morgan fingerprint density at radius 3 is 2.70 bits per heavy atom. The Labute approximate surface area is 178 Å². The van der Waals surface area contributed by atoms with Crippen LogP contribution in [0.5, 0.6) is 0 Å². The van der Waals surface area contributed by atoms with E-state index in [1.165, 1.54) is 17.7 Å². The van der Waals surface area contributed by atoms with E-state index in [0.29, 0.717) is 28.6 Å². The molecule has 1 saturated carbocycles. The highest BCUT2D eigenvalue weighted by atomic mass is 32.1. The summed E-state index contributed by atoms with van der Waals surface area (Å²) < 4.78 is 9.47. The van der Waals surface area contributed by atoms with Crippen molar-refractivity contribution in [1.82, 2.24) is 19.7 Å². The molecule has 0 radical (unpaired) electrons. The molecular weight excluding hydrogens is 408 g/mol. The third kappa shape index (κ3) is 5.85. The molecule has 2 heterocycles. The highest BCUT2D eigenvalue weighted by Crippen LogP contribution is 2.32. The molecule has 11 heteroatoms. The number of aromatic nitrogens is 3. The van der Waals surface area contributed by atoms with Crippen molar-refractivity contribution < 1.29 is 14.5 Å². The highest BCUT2D eigenvalue weighted by molar-refractivity contribution is 7.09. The number of amides is 1. The molecule has 1 aliphatic carbocycles. The Balaban J connectivity index is 1.72. The second-order valence-corrected chi connectivity index (χ2v) is 9.09. The SMILES string of the molecule is Cc1nsc(-c2cc(N[C@@H]3CCC[C@H](NC(=O)OC(C)(C)C)C3)c([N+](=O)[O-])cn2)n1. The molecule has 0 aliphatic heterocycles. The Morgan fingerprint density at radius 1 is 1.33 bits per heavy atom. The molecule has 2 atom stereocenters. The molecule has 1 aliphatic rings. The molecule has 0 unspecified atom stereocenters. The molecule has 0 bridgehead atoms. The van der Waals surface area contributed by atoms with Crippen LogP contribution >= 0.6 is 11.5 Å². The average molecular weight is 435 g/mol. The van der Waals surface area contributed by atoms with Gasteiger partial charge in [-0.2, -0.15) is 4.37 Å². The van der Waals surface area contributed by atoms with E-state index >= 15 is 0 Å². The zero-order chi connectivity index (χ0) is 21.9. The molecule has 1 amide bonds. The number of anilines is 1. The number of alkyl carbamates (subject to hydrolysis) is 1. The van der Waals surface area contributed by atoms with Crippen molar-refractivity contribution in [2.75, 3.05) is 5.32 Å². The first-order chi connectivity index (χ1) is 14.1. The quantitative estimate of drug-likeness (QED) is 0.532. The monoisotopic (exact) mass is 434 g/mol. The van der Waals surface area contributed by atoms with Crippen molar-refractivity contribution in [3.8, 4) is 10.7 Å². The minimum atomic E-state index is -0.562. The zero-order valence-corrected chi connectivity index (χ0v) is 18.3. The van der Waals surface area contributed by atoms with E-state index in [-0.39, 0.29) is 17.8 Å². The molecule has 0 saturated heterocycles. The van der Waals surface area contributed by atoms with Crippen molar-refractivity contribution in [1.29, 1.82) is 0 Å². The summed E-state index contributed by atoms with van der Waals surface area (Å²) in [6, 6.07) is 1.56. The normalized spacial score (nSPS) is 19.2. The van der Waals surface area contributed by atoms with Gasteiger partial charge >= 0.3 is 11.8 Å². The highest BCUT2D eigenvalue weighted by Gasteiger charge is 2.27. The van der Waals surface area contributed by atoms with Crippen LogP contribution in [0.1, 0.15) is 52.3 Å². The summed E-state index contributed by atoms with van der Waals surface area (Å²) in [5, 5.41) is 18.3. The van der Waals surface area contributed by atoms with Crippen molar-refractivity contribution >= 4 is 29.0 Å². The molecule has 2 N–H and O–H groups in total. The summed E-state index contributed by atoms with van der Waals surface area (Å²) in [7, 11) is 0. The van der Waals surface area contributed by atoms with Crippen molar-refractivity contribution in [2.45, 2.75) is 71.1 Å². The lowest BCUT2D eigenvalue weighted by atomic mass is 9.91. The summed E-state index contributed by atoms with van der Waals surface area (Å²) in [4.78, 5) is 31.6. The second kappa shape index (κ2) is 8.90. The molecule has 2 aromatic heterocycles. The number of aryl methyl sites for hydroxylation is 1. The first kappa shape index (κ1) is 21.9. The number of hydrogen-bond acceptors (Lipinski definition) is 9. The molecule has 10 nitrogen and oxygen atoms in total. The fourth-order valence-corrected chi connectivity index (χ4v) is 4.01. The number of pyridine rings is 1. The van der Waals surface area contributed by atoms with Gasteiger partial charge in [0.25, 0.3) is 0 Å². The lowest BCUT2D eigenvalue weighted by molar-refractivity contribution is -0.384. The fraction of sp³-hybridized carbons (Fsp3) is 0.579. The number of ether oxygens (including phenoxy) is 1. The molecule has 3 rings (SSSR count). The lowest BCUT2D eigenvalue weighted by Gasteiger charge is -2.31. The summed E-state index contributed by atoms with van der Waals surface area (Å²) in [5.41, 5.74) is 0.268. The van der Waals surface area contributed by atoms with E-state index in [4.69, 9.17) is 4.74 Å². The molecule has 2 aromatic rings. The van der Waals surface area contributed by atoms with Gasteiger partial charge in [-0.15, -0.1) is 0 Å². The first-order valence-corrected chi connectivity index (χ1v) is 10.6. The number of nitrogens with zero attached hydrogens (tertiary/aromatic N) is 4. The number of nitrogens with one attached hydrogen (secondary N) is 2. The average Bonchev–Trinajstić information content (AvgIpc) is 3.06. The van der Waals surface area contributed by atoms with Gasteiger partial charge in [-0.25, -0.2) is 14.8 Å². The first-order valence-electron chi connectivity index (χ1n) is 9.82. The maximum Gasteiger partial charge on any atom is 0.407 e. The number of carbonyl (C=O) groups is 1. The van der Waals surface area contributed by atoms with Gasteiger partial charge in [0.2, 0.25) is 0 Å². The van der Waals surface area contributed by atoms with Crippen molar-refractivity contribution in [3.05, 3.63) is 28.2 Å². The van der Waals surface area contributed by atoms with E-state index in [2.05, 4.69) is 25.0 Å². The van der Waals surface area contributed by atoms with Crippen LogP contribution in [-0.2, 0) is 4.74 Å². The van der Waals surface area contributed by atoms with Gasteiger partial charge in [-0.3, -0.25) is 10.1 Å². The maximum atomic E-state index is 12.1. The van der Waals surface area contributed by atoms with E-state index in [0.717, 1.165) is 19.3 Å². The van der Waals surface area contributed by atoms with Crippen LogP contribution in [0.3, 0.4) is 0 Å². The summed E-state index contributed by atoms with van der Waals surface area (Å²) in [6.07, 6.45) is 4.01. The predicted molar refractivity (Wildman–Crippen MR) is 114 cm³/mol. The second-order valence-electron chi connectivity index (χ2n) is 8.34. The van der Waals surface area contributed by atoms with Gasteiger partial charge < -0.3 is 15.4 Å². The fourth-order valence-electron chi connectivity index (χ4n) is 3.37. The Bertz CT molecular complexity index is 926. The molecule has 1 fully saturated rings.